The van der Waals surface area contributed by atoms with Crippen molar-refractivity contribution in [3.05, 3.63) is 0 Å². The van der Waals surface area contributed by atoms with Crippen LogP contribution in [0, 0.1) is 0 Å². The fourth-order valence-electron chi connectivity index (χ4n) is 0. The van der Waals surface area contributed by atoms with Crippen LogP contribution in [0.5, 0.6) is 0 Å². The van der Waals surface area contributed by atoms with E-state index in [1.54, 1.807) is 0 Å². The molecule has 4 heavy (non-hydrogen) atoms. The van der Waals surface area contributed by atoms with Gasteiger partial charge in [0.05, 0.1) is 0 Å². The molecule has 4 heteroatoms. The first-order chi connectivity index (χ1) is 0. The molecule has 0 amide bonds. The first-order valence-corrected chi connectivity index (χ1v) is 0. The van der Waals surface area contributed by atoms with Gasteiger partial charge < -0.3 is 0 Å². The van der Waals surface area contributed by atoms with Gasteiger partial charge in [-0.15, -0.1) is 0 Å². The van der Waals surface area contributed by atoms with E-state index in [0.717, 1.165) is 0 Å². The molecule has 0 rings (SSSR count). The Balaban J connectivity index is 0. The normalized spacial score (nSPS) is 0. The van der Waals surface area contributed by atoms with Gasteiger partial charge in [-0.05, 0) is 0 Å². The zero-order chi connectivity index (χ0) is 0. The summed E-state index contributed by atoms with van der Waals surface area (Å²) in [6.45, 7) is 0. The molecule has 0 unspecified atom stereocenters. The maximum Gasteiger partial charge on any atom is 0 e. The third-order valence-corrected chi connectivity index (χ3v) is 0. The van der Waals surface area contributed by atoms with E-state index in [4.69, 9.17) is 0 Å². The number of hydrogen-bond donors (Lipinski definition) is 0. The van der Waals surface area contributed by atoms with Crippen LogP contribution in [0.3, 0.4) is 0 Å². The molecular formula is CrFeNiW. The SMILES string of the molecule is [Cr].[Fe].[Ni].[W]. The Bertz CT molecular complexity index is 8.00. The molecule has 0 nitrogen and oxygen atoms in total. The number of rotatable bonds is 0. The summed E-state index contributed by atoms with van der Waals surface area (Å²) in [5.41, 5.74) is 0. The van der Waals surface area contributed by atoms with Crippen molar-refractivity contribution in [3.8, 4) is 0 Å². The molecule has 0 radical (unpaired) electrons. The minimum absolute atomic E-state index is 0. The van der Waals surface area contributed by atoms with Crippen LogP contribution in [0.1, 0.15) is 0 Å². The Morgan fingerprint density at radius 1 is 1.00 bits per heavy atom. The summed E-state index contributed by atoms with van der Waals surface area (Å²) < 4.78 is 0. The summed E-state index contributed by atoms with van der Waals surface area (Å²) in [5.74, 6) is 0. The van der Waals surface area contributed by atoms with E-state index in [-0.39, 0.29) is 72.0 Å². The fraction of sp³-hybridized carbons (Fsp3) is 0. The van der Waals surface area contributed by atoms with Gasteiger partial charge in [-0.3, -0.25) is 0 Å². The van der Waals surface area contributed by atoms with Crippen molar-refractivity contribution in [3.63, 3.8) is 0 Å². The second kappa shape index (κ2) is 18.8. The minimum Gasteiger partial charge on any atom is 0 e. The average molecular weight is 350 g/mol. The Kier molecular flexibility index (Phi) is 161. The van der Waals surface area contributed by atoms with E-state index in [1.807, 2.05) is 0 Å². The van der Waals surface area contributed by atoms with Crippen molar-refractivity contribution < 1.29 is 72.0 Å². The van der Waals surface area contributed by atoms with E-state index in [1.165, 1.54) is 0 Å². The van der Waals surface area contributed by atoms with E-state index < -0.39 is 0 Å². The maximum atomic E-state index is 0. The Labute approximate surface area is 71.3 Å². The van der Waals surface area contributed by atoms with Crippen LogP contribution in [0.4, 0.5) is 0 Å². The van der Waals surface area contributed by atoms with Crippen LogP contribution in [-0.4, -0.2) is 0 Å². The molecule has 0 atom stereocenters. The zero-order valence-corrected chi connectivity index (χ0v) is 7.79. The van der Waals surface area contributed by atoms with Crippen molar-refractivity contribution in [1.29, 1.82) is 0 Å². The summed E-state index contributed by atoms with van der Waals surface area (Å²) >= 11 is 0. The molecule has 0 aliphatic rings. The second-order valence-electron chi connectivity index (χ2n) is 0. The van der Waals surface area contributed by atoms with E-state index >= 15 is 0 Å². The van der Waals surface area contributed by atoms with Gasteiger partial charge >= 0.3 is 0 Å². The predicted molar refractivity (Wildman–Crippen MR) is 0 cm³/mol. The predicted octanol–water partition coefficient (Wildman–Crippen LogP) is -0.0100. The fourth-order valence-corrected chi connectivity index (χ4v) is 0. The topological polar surface area (TPSA) is 0 Å². The van der Waals surface area contributed by atoms with E-state index in [2.05, 4.69) is 0 Å². The molecule has 0 aromatic heterocycles. The van der Waals surface area contributed by atoms with Gasteiger partial charge in [0.2, 0.25) is 0 Å². The van der Waals surface area contributed by atoms with Crippen LogP contribution in [-0.2, 0) is 72.0 Å². The molecule has 0 aliphatic heterocycles. The van der Waals surface area contributed by atoms with Crippen LogP contribution in [0.2, 0.25) is 0 Å². The van der Waals surface area contributed by atoms with Crippen molar-refractivity contribution >= 4 is 0 Å². The van der Waals surface area contributed by atoms with Gasteiger partial charge in [0.15, 0.2) is 0 Å². The summed E-state index contributed by atoms with van der Waals surface area (Å²) in [6.07, 6.45) is 0. The minimum atomic E-state index is 0. The molecule has 0 fully saturated rings. The van der Waals surface area contributed by atoms with Crippen molar-refractivity contribution in [1.82, 2.24) is 0 Å². The molecule has 0 aromatic carbocycles. The maximum absolute atomic E-state index is 0. The number of hydrogen-bond acceptors (Lipinski definition) is 0. The van der Waals surface area contributed by atoms with Gasteiger partial charge in [0.25, 0.3) is 0 Å². The molecule has 0 bridgehead atoms. The Morgan fingerprint density at radius 2 is 1.00 bits per heavy atom. The van der Waals surface area contributed by atoms with E-state index in [9.17, 15) is 0 Å². The first kappa shape index (κ1) is 34.2. The van der Waals surface area contributed by atoms with Crippen molar-refractivity contribution in [2.45, 2.75) is 0 Å². The molecule has 0 spiro atoms. The van der Waals surface area contributed by atoms with Gasteiger partial charge in [-0.1, -0.05) is 0 Å². The van der Waals surface area contributed by atoms with Gasteiger partial charge in [-0.25, -0.2) is 0 Å². The second-order valence-corrected chi connectivity index (χ2v) is 0. The van der Waals surface area contributed by atoms with Gasteiger partial charge in [0, 0.05) is 72.0 Å². The first-order valence-electron chi connectivity index (χ1n) is 0. The summed E-state index contributed by atoms with van der Waals surface area (Å²) in [4.78, 5) is 0. The third-order valence-electron chi connectivity index (χ3n) is 0. The van der Waals surface area contributed by atoms with Gasteiger partial charge in [-0.2, -0.15) is 0 Å². The monoisotopic (exact) mass is 350 g/mol. The van der Waals surface area contributed by atoms with Crippen LogP contribution in [0.25, 0.3) is 0 Å². The average Bonchev–Trinajstić information content (AvgIpc) is 0. The molecule has 0 heterocycles. The Morgan fingerprint density at radius 3 is 1.00 bits per heavy atom. The summed E-state index contributed by atoms with van der Waals surface area (Å²) in [5, 5.41) is 0. The zero-order valence-electron chi connectivity index (χ0n) is 1.49. The molecule has 0 saturated heterocycles. The molecular weight excluding hydrogens is 350 g/mol. The third kappa shape index (κ3) is 8.87. The van der Waals surface area contributed by atoms with Crippen LogP contribution in [0.15, 0.2) is 0 Å². The smallest absolute Gasteiger partial charge is 0 e. The largest absolute Gasteiger partial charge is 0 e. The van der Waals surface area contributed by atoms with E-state index in [0.29, 0.717) is 0 Å². The van der Waals surface area contributed by atoms with Crippen LogP contribution >= 0.6 is 0 Å². The molecule has 0 N–H and O–H groups in total. The van der Waals surface area contributed by atoms with Gasteiger partial charge in [0.1, 0.15) is 0 Å². The molecule has 0 saturated carbocycles. The Hall–Kier alpha value is 2.23. The van der Waals surface area contributed by atoms with Crippen molar-refractivity contribution in [2.24, 2.45) is 0 Å². The summed E-state index contributed by atoms with van der Waals surface area (Å²) in [7, 11) is 0. The molecule has 0 aliphatic carbocycles. The van der Waals surface area contributed by atoms with Crippen LogP contribution < -0.4 is 0 Å². The summed E-state index contributed by atoms with van der Waals surface area (Å²) in [6, 6.07) is 0. The quantitative estimate of drug-likeness (QED) is 0.539. The van der Waals surface area contributed by atoms with Crippen molar-refractivity contribution in [2.75, 3.05) is 0 Å². The molecule has 0 aromatic rings. The molecule has 30 valence electrons. The standard InChI is InChI=1S/Cr.Fe.Ni.W.